The van der Waals surface area contributed by atoms with Crippen molar-refractivity contribution in [1.82, 2.24) is 0 Å². The molecule has 92 valence electrons. The monoisotopic (exact) mass is 238 g/mol. The van der Waals surface area contributed by atoms with Gasteiger partial charge >= 0.3 is 12.1 Å². The van der Waals surface area contributed by atoms with Crippen molar-refractivity contribution in [3.05, 3.63) is 0 Å². The molecule has 0 aromatic rings. The molecule has 2 fully saturated rings. The quantitative estimate of drug-likeness (QED) is 0.546. The van der Waals surface area contributed by atoms with Crippen LogP contribution in [0, 0.1) is 0 Å². The van der Waals surface area contributed by atoms with E-state index in [-0.39, 0.29) is 6.10 Å². The molecule has 0 radical (unpaired) electrons. The van der Waals surface area contributed by atoms with Crippen LogP contribution in [-0.4, -0.2) is 30.5 Å². The topological polar surface area (TPSA) is 38.8 Å². The Morgan fingerprint density at radius 2 is 1.81 bits per heavy atom. The largest absolute Gasteiger partial charge is 0.460 e. The lowest BCUT2D eigenvalue weighted by Gasteiger charge is -2.24. The summed E-state index contributed by atoms with van der Waals surface area (Å²) in [5, 5.41) is 0. The fraction of sp³-hybridized carbons (Fsp3) is 0.900. The van der Waals surface area contributed by atoms with E-state index in [9.17, 15) is 18.0 Å². The van der Waals surface area contributed by atoms with E-state index in [0.29, 0.717) is 12.8 Å². The fourth-order valence-corrected chi connectivity index (χ4v) is 1.90. The Balaban J connectivity index is 1.93. The van der Waals surface area contributed by atoms with Gasteiger partial charge < -0.3 is 9.47 Å². The van der Waals surface area contributed by atoms with Crippen LogP contribution in [0.2, 0.25) is 0 Å². The molecule has 0 amide bonds. The van der Waals surface area contributed by atoms with E-state index in [1.54, 1.807) is 0 Å². The second-order valence-electron chi connectivity index (χ2n) is 4.28. The summed E-state index contributed by atoms with van der Waals surface area (Å²) in [6.45, 7) is -0.609. The van der Waals surface area contributed by atoms with Crippen molar-refractivity contribution in [3.63, 3.8) is 0 Å². The summed E-state index contributed by atoms with van der Waals surface area (Å²) in [6, 6.07) is 0. The summed E-state index contributed by atoms with van der Waals surface area (Å²) in [4.78, 5) is 11.4. The van der Waals surface area contributed by atoms with Crippen LogP contribution in [0.25, 0.3) is 0 Å². The average molecular weight is 238 g/mol. The molecular formula is C10H13F3O3. The van der Waals surface area contributed by atoms with Crippen molar-refractivity contribution in [1.29, 1.82) is 0 Å². The van der Waals surface area contributed by atoms with E-state index in [0.717, 1.165) is 19.3 Å². The molecule has 0 bridgehead atoms. The third-order valence-electron chi connectivity index (χ3n) is 3.05. The Labute approximate surface area is 90.9 Å². The Morgan fingerprint density at radius 3 is 2.25 bits per heavy atom. The SMILES string of the molecule is O=C(OC1CCCCC1)[C@@]1(C(F)(F)F)CO1. The zero-order valence-corrected chi connectivity index (χ0v) is 8.68. The number of esters is 1. The molecule has 3 nitrogen and oxygen atoms in total. The van der Waals surface area contributed by atoms with Gasteiger partial charge in [-0.15, -0.1) is 0 Å². The first-order valence-electron chi connectivity index (χ1n) is 5.37. The van der Waals surface area contributed by atoms with Gasteiger partial charge in [0.25, 0.3) is 5.60 Å². The number of alkyl halides is 3. The zero-order chi connectivity index (χ0) is 11.8. The second-order valence-corrected chi connectivity index (χ2v) is 4.28. The van der Waals surface area contributed by atoms with Crippen LogP contribution in [-0.2, 0) is 14.3 Å². The first kappa shape index (κ1) is 11.7. The molecule has 1 saturated heterocycles. The Bertz CT molecular complexity index is 278. The van der Waals surface area contributed by atoms with E-state index in [2.05, 4.69) is 4.74 Å². The molecular weight excluding hydrogens is 225 g/mol. The van der Waals surface area contributed by atoms with Gasteiger partial charge in [-0.25, -0.2) is 4.79 Å². The lowest BCUT2D eigenvalue weighted by Crippen LogP contribution is -2.43. The van der Waals surface area contributed by atoms with E-state index < -0.39 is 24.4 Å². The van der Waals surface area contributed by atoms with Crippen molar-refractivity contribution >= 4 is 5.97 Å². The van der Waals surface area contributed by atoms with Gasteiger partial charge in [0.1, 0.15) is 6.10 Å². The van der Waals surface area contributed by atoms with E-state index in [1.807, 2.05) is 0 Å². The fourth-order valence-electron chi connectivity index (χ4n) is 1.90. The Morgan fingerprint density at radius 1 is 1.25 bits per heavy atom. The van der Waals surface area contributed by atoms with Gasteiger partial charge in [0.15, 0.2) is 0 Å². The average Bonchev–Trinajstić information content (AvgIpc) is 2.98. The number of rotatable bonds is 2. The molecule has 6 heteroatoms. The lowest BCUT2D eigenvalue weighted by atomic mass is 9.97. The highest BCUT2D eigenvalue weighted by molar-refractivity contribution is 5.83. The molecule has 1 heterocycles. The molecule has 1 aliphatic heterocycles. The van der Waals surface area contributed by atoms with Crippen LogP contribution < -0.4 is 0 Å². The molecule has 0 aromatic carbocycles. The van der Waals surface area contributed by atoms with Crippen molar-refractivity contribution in [2.75, 3.05) is 6.61 Å². The highest BCUT2D eigenvalue weighted by Crippen LogP contribution is 2.45. The van der Waals surface area contributed by atoms with Crippen LogP contribution in [0.5, 0.6) is 0 Å². The van der Waals surface area contributed by atoms with Crippen molar-refractivity contribution in [2.45, 2.75) is 50.0 Å². The van der Waals surface area contributed by atoms with Crippen LogP contribution in [0.1, 0.15) is 32.1 Å². The Kier molecular flexibility index (Phi) is 2.86. The predicted molar refractivity (Wildman–Crippen MR) is 47.7 cm³/mol. The molecule has 0 N–H and O–H groups in total. The van der Waals surface area contributed by atoms with Crippen molar-refractivity contribution < 1.29 is 27.4 Å². The highest BCUT2D eigenvalue weighted by atomic mass is 19.4. The maximum absolute atomic E-state index is 12.5. The minimum Gasteiger partial charge on any atom is -0.460 e. The molecule has 1 aliphatic carbocycles. The number of carbonyl (C=O) groups is 1. The van der Waals surface area contributed by atoms with Crippen LogP contribution in [0.4, 0.5) is 13.2 Å². The normalized spacial score (nSPS) is 31.2. The summed E-state index contributed by atoms with van der Waals surface area (Å²) in [7, 11) is 0. The van der Waals surface area contributed by atoms with E-state index >= 15 is 0 Å². The van der Waals surface area contributed by atoms with Gasteiger partial charge in [-0.1, -0.05) is 6.42 Å². The zero-order valence-electron chi connectivity index (χ0n) is 8.68. The van der Waals surface area contributed by atoms with Crippen molar-refractivity contribution in [3.8, 4) is 0 Å². The third-order valence-corrected chi connectivity index (χ3v) is 3.05. The molecule has 0 unspecified atom stereocenters. The van der Waals surface area contributed by atoms with Gasteiger partial charge in [0.05, 0.1) is 6.61 Å². The smallest absolute Gasteiger partial charge is 0.430 e. The molecule has 16 heavy (non-hydrogen) atoms. The Hall–Kier alpha value is -0.780. The second kappa shape index (κ2) is 3.91. The molecule has 2 rings (SSSR count). The number of ether oxygens (including phenoxy) is 2. The van der Waals surface area contributed by atoms with Gasteiger partial charge in [0, 0.05) is 0 Å². The maximum Gasteiger partial charge on any atom is 0.430 e. The summed E-state index contributed by atoms with van der Waals surface area (Å²) in [5.74, 6) is -1.27. The first-order valence-corrected chi connectivity index (χ1v) is 5.37. The van der Waals surface area contributed by atoms with Gasteiger partial charge in [-0.3, -0.25) is 0 Å². The number of hydrogen-bond acceptors (Lipinski definition) is 3. The van der Waals surface area contributed by atoms with Crippen LogP contribution in [0.15, 0.2) is 0 Å². The van der Waals surface area contributed by atoms with E-state index in [4.69, 9.17) is 4.74 Å². The summed E-state index contributed by atoms with van der Waals surface area (Å²) in [6.07, 6.45) is -0.882. The molecule has 2 aliphatic rings. The predicted octanol–water partition coefficient (Wildman–Crippen LogP) is 2.19. The highest BCUT2D eigenvalue weighted by Gasteiger charge is 2.73. The third kappa shape index (κ3) is 2.03. The van der Waals surface area contributed by atoms with E-state index in [1.165, 1.54) is 0 Å². The lowest BCUT2D eigenvalue weighted by molar-refractivity contribution is -0.207. The number of epoxide rings is 1. The van der Waals surface area contributed by atoms with Gasteiger partial charge in [-0.05, 0) is 25.7 Å². The molecule has 0 spiro atoms. The minimum absolute atomic E-state index is 0.371. The number of hydrogen-bond donors (Lipinski definition) is 0. The van der Waals surface area contributed by atoms with Crippen molar-refractivity contribution in [2.24, 2.45) is 0 Å². The van der Waals surface area contributed by atoms with Gasteiger partial charge in [0.2, 0.25) is 0 Å². The van der Waals surface area contributed by atoms with Crippen LogP contribution in [0.3, 0.4) is 0 Å². The molecule has 1 saturated carbocycles. The number of halogens is 3. The standard InChI is InChI=1S/C10H13F3O3/c11-10(12,13)9(6-15-9)8(14)16-7-4-2-1-3-5-7/h7H,1-6H2/t9-/m1/s1. The number of carbonyl (C=O) groups excluding carboxylic acids is 1. The minimum atomic E-state index is -4.67. The summed E-state index contributed by atoms with van der Waals surface area (Å²) < 4.78 is 46.5. The first-order chi connectivity index (χ1) is 7.46. The van der Waals surface area contributed by atoms with Gasteiger partial charge in [-0.2, -0.15) is 13.2 Å². The maximum atomic E-state index is 12.5. The van der Waals surface area contributed by atoms with Crippen LogP contribution >= 0.6 is 0 Å². The molecule has 1 atom stereocenters. The summed E-state index contributed by atoms with van der Waals surface area (Å²) >= 11 is 0. The molecule has 0 aromatic heterocycles. The summed E-state index contributed by atoms with van der Waals surface area (Å²) in [5.41, 5.74) is -2.66.